The van der Waals surface area contributed by atoms with Gasteiger partial charge in [-0.2, -0.15) is 26.3 Å². The molecule has 246 valence electrons. The molecular weight excluding hydrogens is 627 g/mol. The van der Waals surface area contributed by atoms with E-state index < -0.39 is 60.6 Å². The van der Waals surface area contributed by atoms with Gasteiger partial charge in [0.15, 0.2) is 0 Å². The fourth-order valence-corrected chi connectivity index (χ4v) is 4.83. The number of aromatic nitrogens is 1. The number of carbonyl (C=O) groups excluding carboxylic acids is 2. The molecule has 0 bridgehead atoms. The summed E-state index contributed by atoms with van der Waals surface area (Å²) in [6.45, 7) is -0.452. The third-order valence-electron chi connectivity index (χ3n) is 6.96. The monoisotopic (exact) mass is 654 g/mol. The molecule has 4 N–H and O–H groups in total. The number of amides is 2. The highest BCUT2D eigenvalue weighted by Gasteiger charge is 2.36. The van der Waals surface area contributed by atoms with Crippen LogP contribution in [0.15, 0.2) is 40.5 Å². The van der Waals surface area contributed by atoms with E-state index in [1.54, 1.807) is 0 Å². The van der Waals surface area contributed by atoms with Crippen molar-refractivity contribution in [2.45, 2.75) is 57.0 Å². The number of hydrogen-bond acceptors (Lipinski definition) is 7. The third-order valence-corrected chi connectivity index (χ3v) is 6.96. The zero-order valence-corrected chi connectivity index (χ0v) is 23.4. The summed E-state index contributed by atoms with van der Waals surface area (Å²) in [5.74, 6) is -2.25. The first-order valence-corrected chi connectivity index (χ1v) is 13.5. The van der Waals surface area contributed by atoms with E-state index in [9.17, 15) is 49.1 Å². The second-order valence-electron chi connectivity index (χ2n) is 10.7. The fourth-order valence-electron chi connectivity index (χ4n) is 4.83. The van der Waals surface area contributed by atoms with Crippen LogP contribution in [-0.4, -0.2) is 72.2 Å². The predicted molar refractivity (Wildman–Crippen MR) is 143 cm³/mol. The van der Waals surface area contributed by atoms with Crippen LogP contribution >= 0.6 is 0 Å². The topological polar surface area (TPSA) is 122 Å². The summed E-state index contributed by atoms with van der Waals surface area (Å²) in [5, 5.41) is 5.31. The largest absolute Gasteiger partial charge is 0.573 e. The average Bonchev–Trinajstić information content (AvgIpc) is 3.74. The van der Waals surface area contributed by atoms with E-state index in [4.69, 9.17) is 5.73 Å². The molecule has 2 atom stereocenters. The lowest BCUT2D eigenvalue weighted by molar-refractivity contribution is -0.274. The molecule has 1 aliphatic heterocycles. The van der Waals surface area contributed by atoms with E-state index in [0.29, 0.717) is 18.9 Å². The van der Waals surface area contributed by atoms with Gasteiger partial charge in [-0.05, 0) is 49.4 Å². The molecule has 1 aliphatic carbocycles. The summed E-state index contributed by atoms with van der Waals surface area (Å²) in [5.41, 5.74) is 3.90. The number of nitrogens with two attached hydrogens (primary N) is 1. The van der Waals surface area contributed by atoms with Crippen molar-refractivity contribution in [3.05, 3.63) is 41.2 Å². The smallest absolute Gasteiger partial charge is 0.406 e. The lowest BCUT2D eigenvalue weighted by Gasteiger charge is -2.38. The second-order valence-corrected chi connectivity index (χ2v) is 10.7. The van der Waals surface area contributed by atoms with Gasteiger partial charge >= 0.3 is 18.7 Å². The van der Waals surface area contributed by atoms with Gasteiger partial charge in [0.25, 0.3) is 5.91 Å². The normalized spacial score (nSPS) is 20.3. The summed E-state index contributed by atoms with van der Waals surface area (Å²) < 4.78 is 121. The molecule has 0 unspecified atom stereocenters. The minimum atomic E-state index is -5.08. The van der Waals surface area contributed by atoms with Crippen LogP contribution in [0.2, 0.25) is 0 Å². The SMILES string of the molecule is CC(=O)N1C[C@@H](NC(=O)/C(C=NCC(F)(F)F)=C(/N)C2CC2)C[C@@H](Nc2cc(C(F)(F)F)nc3ccc(OC(F)(F)F)cc23)C1. The van der Waals surface area contributed by atoms with Crippen molar-refractivity contribution >= 4 is 34.6 Å². The second kappa shape index (κ2) is 12.6. The number of piperidine rings is 1. The maximum atomic E-state index is 13.7. The van der Waals surface area contributed by atoms with E-state index in [2.05, 4.69) is 25.3 Å². The number of carbonyl (C=O) groups is 2. The Kier molecular flexibility index (Phi) is 9.44. The molecule has 2 aliphatic rings. The van der Waals surface area contributed by atoms with Crippen molar-refractivity contribution in [3.63, 3.8) is 0 Å². The number of alkyl halides is 9. The minimum absolute atomic E-state index is 0.00423. The van der Waals surface area contributed by atoms with Gasteiger partial charge in [-0.1, -0.05) is 0 Å². The number of ether oxygens (including phenoxy) is 1. The van der Waals surface area contributed by atoms with Crippen LogP contribution in [-0.2, 0) is 15.8 Å². The first-order valence-electron chi connectivity index (χ1n) is 13.5. The highest BCUT2D eigenvalue weighted by Crippen LogP contribution is 2.37. The number of halogens is 9. The number of allylic oxidation sites excluding steroid dienone is 1. The number of pyridine rings is 1. The minimum Gasteiger partial charge on any atom is -0.406 e. The molecule has 1 aromatic carbocycles. The van der Waals surface area contributed by atoms with Gasteiger partial charge in [0, 0.05) is 55.1 Å². The predicted octanol–water partition coefficient (Wildman–Crippen LogP) is 4.93. The number of fused-ring (bicyclic) bond motifs is 1. The lowest BCUT2D eigenvalue weighted by atomic mass is 9.99. The van der Waals surface area contributed by atoms with E-state index in [1.165, 1.54) is 11.8 Å². The molecule has 4 rings (SSSR count). The highest BCUT2D eigenvalue weighted by molar-refractivity contribution is 6.13. The maximum absolute atomic E-state index is 13.7. The Morgan fingerprint density at radius 1 is 1.07 bits per heavy atom. The summed E-state index contributed by atoms with van der Waals surface area (Å²) in [7, 11) is 0. The van der Waals surface area contributed by atoms with Gasteiger partial charge < -0.3 is 26.0 Å². The Hall–Kier alpha value is -4.25. The Balaban J connectivity index is 1.63. The molecule has 45 heavy (non-hydrogen) atoms. The number of hydrogen-bond donors (Lipinski definition) is 3. The summed E-state index contributed by atoms with van der Waals surface area (Å²) >= 11 is 0. The number of benzene rings is 1. The van der Waals surface area contributed by atoms with Crippen LogP contribution in [0.25, 0.3) is 10.9 Å². The van der Waals surface area contributed by atoms with Gasteiger partial charge in [0.05, 0.1) is 11.1 Å². The molecule has 18 heteroatoms. The van der Waals surface area contributed by atoms with Crippen molar-refractivity contribution in [2.75, 3.05) is 25.0 Å². The zero-order chi connectivity index (χ0) is 33.3. The highest BCUT2D eigenvalue weighted by atomic mass is 19.4. The standard InChI is InChI=1S/C27H27F9N6O3/c1-13(43)42-10-15(6-16(11-42)40-24(44)19(23(37)14-2-3-14)9-38-12-25(28,29)30)39-21-8-22(26(31,32)33)41-20-5-4-17(7-18(20)21)45-27(34,35)36/h4-5,7-9,14-16H,2-3,6,10-12,37H2,1H3,(H,39,41)(H,40,44)/b23-19+,38-9?/t15-,16+/m1/s1. The molecule has 1 aromatic heterocycles. The number of rotatable bonds is 8. The molecule has 2 heterocycles. The first-order chi connectivity index (χ1) is 20.8. The van der Waals surface area contributed by atoms with E-state index in [0.717, 1.165) is 24.4 Å². The van der Waals surface area contributed by atoms with Crippen LogP contribution in [0.3, 0.4) is 0 Å². The zero-order valence-electron chi connectivity index (χ0n) is 23.4. The third kappa shape index (κ3) is 9.37. The molecule has 1 saturated carbocycles. The molecule has 9 nitrogen and oxygen atoms in total. The van der Waals surface area contributed by atoms with Gasteiger partial charge in [0.1, 0.15) is 18.0 Å². The van der Waals surface area contributed by atoms with Crippen LogP contribution in [0.5, 0.6) is 5.75 Å². The van der Waals surface area contributed by atoms with Crippen molar-refractivity contribution in [2.24, 2.45) is 16.6 Å². The van der Waals surface area contributed by atoms with Crippen molar-refractivity contribution in [1.82, 2.24) is 15.2 Å². The molecular formula is C27H27F9N6O3. The van der Waals surface area contributed by atoms with Crippen molar-refractivity contribution < 1.29 is 53.8 Å². The number of likely N-dealkylation sites (tertiary alicyclic amines) is 1. The van der Waals surface area contributed by atoms with Crippen molar-refractivity contribution in [1.29, 1.82) is 0 Å². The number of nitrogens with zero attached hydrogens (tertiary/aromatic N) is 3. The molecule has 2 fully saturated rings. The number of aliphatic imine (C=N–C) groups is 1. The lowest BCUT2D eigenvalue weighted by Crippen LogP contribution is -2.56. The Labute approximate surface area is 249 Å². The molecule has 0 spiro atoms. The van der Waals surface area contributed by atoms with E-state index >= 15 is 0 Å². The average molecular weight is 655 g/mol. The quantitative estimate of drug-likeness (QED) is 0.211. The molecule has 0 radical (unpaired) electrons. The number of anilines is 1. The summed E-state index contributed by atoms with van der Waals surface area (Å²) in [6.07, 6.45) is -12.6. The summed E-state index contributed by atoms with van der Waals surface area (Å²) in [4.78, 5) is 33.6. The van der Waals surface area contributed by atoms with Gasteiger partial charge in [0.2, 0.25) is 5.91 Å². The summed E-state index contributed by atoms with van der Waals surface area (Å²) in [6, 6.07) is 1.51. The first kappa shape index (κ1) is 33.6. The van der Waals surface area contributed by atoms with Gasteiger partial charge in [-0.3, -0.25) is 14.6 Å². The van der Waals surface area contributed by atoms with E-state index in [-0.39, 0.29) is 53.3 Å². The Morgan fingerprint density at radius 2 is 1.73 bits per heavy atom. The van der Waals surface area contributed by atoms with Gasteiger partial charge in [-0.15, -0.1) is 13.2 Å². The molecule has 2 aromatic rings. The Bertz CT molecular complexity index is 1500. The maximum Gasteiger partial charge on any atom is 0.573 e. The number of nitrogens with one attached hydrogen (secondary N) is 2. The van der Waals surface area contributed by atoms with Gasteiger partial charge in [-0.25, -0.2) is 4.98 Å². The van der Waals surface area contributed by atoms with Crippen LogP contribution in [0.4, 0.5) is 45.2 Å². The molecule has 2 amide bonds. The van der Waals surface area contributed by atoms with Crippen LogP contribution in [0.1, 0.15) is 31.9 Å². The van der Waals surface area contributed by atoms with Crippen LogP contribution in [0, 0.1) is 5.92 Å². The Morgan fingerprint density at radius 3 is 2.31 bits per heavy atom. The van der Waals surface area contributed by atoms with Crippen molar-refractivity contribution in [3.8, 4) is 5.75 Å². The van der Waals surface area contributed by atoms with Crippen LogP contribution < -0.4 is 21.1 Å². The fraction of sp³-hybridized carbons (Fsp3) is 0.481. The van der Waals surface area contributed by atoms with E-state index in [1.807, 2.05) is 0 Å². The molecule has 1 saturated heterocycles.